The van der Waals surface area contributed by atoms with Gasteiger partial charge in [-0.3, -0.25) is 0 Å². The van der Waals surface area contributed by atoms with Gasteiger partial charge in [-0.15, -0.1) is 0 Å². The van der Waals surface area contributed by atoms with Crippen molar-refractivity contribution in [2.24, 2.45) is 0 Å². The summed E-state index contributed by atoms with van der Waals surface area (Å²) < 4.78 is 0. The van der Waals surface area contributed by atoms with Gasteiger partial charge in [0.25, 0.3) is 0 Å². The summed E-state index contributed by atoms with van der Waals surface area (Å²) in [6.07, 6.45) is 6.44. The molecule has 0 heterocycles. The Morgan fingerprint density at radius 2 is 2.15 bits per heavy atom. The van der Waals surface area contributed by atoms with Crippen molar-refractivity contribution in [3.05, 3.63) is 52.6 Å². The molecule has 96 valence electrons. The lowest BCUT2D eigenvalue weighted by Gasteiger charge is -2.12. The van der Waals surface area contributed by atoms with Crippen LogP contribution in [0.1, 0.15) is 35.1 Å². The lowest BCUT2D eigenvalue weighted by Crippen LogP contribution is -1.93. The third kappa shape index (κ3) is 1.18. The fourth-order valence-corrected chi connectivity index (χ4v) is 3.55. The molecule has 0 fully saturated rings. The molecule has 2 aliphatic carbocycles. The van der Waals surface area contributed by atoms with Gasteiger partial charge in [-0.25, -0.2) is 0 Å². The largest absolute Gasteiger partial charge is 0.506 e. The molecule has 0 unspecified atom stereocenters. The summed E-state index contributed by atoms with van der Waals surface area (Å²) in [5.41, 5.74) is 6.23. The van der Waals surface area contributed by atoms with E-state index in [0.29, 0.717) is 5.56 Å². The molecule has 0 saturated carbocycles. The summed E-state index contributed by atoms with van der Waals surface area (Å²) in [5, 5.41) is 21.6. The highest BCUT2D eigenvalue weighted by Gasteiger charge is 2.28. The third-order valence-electron chi connectivity index (χ3n) is 4.43. The molecule has 0 saturated heterocycles. The van der Waals surface area contributed by atoms with Crippen LogP contribution in [0.4, 0.5) is 0 Å². The number of nitrogens with zero attached hydrogens (tertiary/aromatic N) is 1. The molecule has 2 aliphatic rings. The maximum atomic E-state index is 10.4. The van der Waals surface area contributed by atoms with Crippen molar-refractivity contribution in [2.75, 3.05) is 0 Å². The summed E-state index contributed by atoms with van der Waals surface area (Å²) in [5.74, 6) is 0.120. The van der Waals surface area contributed by atoms with Gasteiger partial charge in [-0.1, -0.05) is 30.4 Å². The number of hydrogen-bond acceptors (Lipinski definition) is 2. The van der Waals surface area contributed by atoms with Crippen LogP contribution in [-0.4, -0.2) is 5.11 Å². The van der Waals surface area contributed by atoms with Gasteiger partial charge in [0.2, 0.25) is 0 Å². The van der Waals surface area contributed by atoms with E-state index in [9.17, 15) is 10.4 Å². The zero-order chi connectivity index (χ0) is 13.9. The van der Waals surface area contributed by atoms with E-state index in [-0.39, 0.29) is 5.75 Å². The van der Waals surface area contributed by atoms with Gasteiger partial charge in [0, 0.05) is 10.8 Å². The lowest BCUT2D eigenvalue weighted by atomic mass is 9.91. The topological polar surface area (TPSA) is 44.0 Å². The fraction of sp³-hybridized carbons (Fsp3) is 0.167. The molecule has 0 atom stereocenters. The monoisotopic (exact) mass is 259 g/mol. The zero-order valence-corrected chi connectivity index (χ0v) is 11.2. The molecule has 2 nitrogen and oxygen atoms in total. The maximum Gasteiger partial charge on any atom is 0.141 e. The van der Waals surface area contributed by atoms with Gasteiger partial charge in [-0.05, 0) is 47.6 Å². The second kappa shape index (κ2) is 3.74. The van der Waals surface area contributed by atoms with Crippen molar-refractivity contribution in [3.8, 4) is 11.8 Å². The molecule has 20 heavy (non-hydrogen) atoms. The number of hydrogen-bond donors (Lipinski definition) is 1. The van der Waals surface area contributed by atoms with Gasteiger partial charge in [0.1, 0.15) is 11.8 Å². The second-order valence-corrected chi connectivity index (χ2v) is 5.40. The van der Waals surface area contributed by atoms with Crippen LogP contribution in [-0.2, 0) is 0 Å². The molecule has 0 bridgehead atoms. The van der Waals surface area contributed by atoms with Crippen LogP contribution in [0.2, 0.25) is 0 Å². The highest BCUT2D eigenvalue weighted by Crippen LogP contribution is 2.50. The Labute approximate surface area is 117 Å². The Balaban J connectivity index is 2.26. The summed E-state index contributed by atoms with van der Waals surface area (Å²) in [6, 6.07) is 8.14. The number of phenolic OH excluding ortho intramolecular Hbond substituents is 1. The van der Waals surface area contributed by atoms with Crippen molar-refractivity contribution in [2.45, 2.75) is 19.8 Å². The van der Waals surface area contributed by atoms with Crippen LogP contribution in [0.5, 0.6) is 5.75 Å². The van der Waals surface area contributed by atoms with Crippen molar-refractivity contribution < 1.29 is 5.11 Å². The predicted octanol–water partition coefficient (Wildman–Crippen LogP) is 4.30. The van der Waals surface area contributed by atoms with E-state index in [0.717, 1.165) is 34.7 Å². The van der Waals surface area contributed by atoms with E-state index in [4.69, 9.17) is 0 Å². The summed E-state index contributed by atoms with van der Waals surface area (Å²) >= 11 is 0. The number of fused-ring (bicyclic) bond motifs is 2. The number of rotatable bonds is 0. The molecular formula is C18H13NO. The van der Waals surface area contributed by atoms with E-state index >= 15 is 0 Å². The first kappa shape index (κ1) is 11.3. The Morgan fingerprint density at radius 3 is 2.95 bits per heavy atom. The van der Waals surface area contributed by atoms with Crippen LogP contribution >= 0.6 is 0 Å². The average molecular weight is 259 g/mol. The van der Waals surface area contributed by atoms with E-state index in [1.807, 2.05) is 19.1 Å². The number of benzene rings is 2. The minimum atomic E-state index is 0.120. The van der Waals surface area contributed by atoms with Crippen molar-refractivity contribution in [1.82, 2.24) is 0 Å². The standard InChI is InChI=1S/C18H13NO/c1-10-15(9-19)18(20)14-8-4-7-13-11-5-2-3-6-12(11)16(10)17(13)14/h3-4,6-8,20H,2,5H2,1H3. The highest BCUT2D eigenvalue weighted by molar-refractivity contribution is 6.18. The van der Waals surface area contributed by atoms with Crippen molar-refractivity contribution >= 4 is 21.9 Å². The molecule has 2 aromatic rings. The molecular weight excluding hydrogens is 246 g/mol. The minimum Gasteiger partial charge on any atom is -0.506 e. The summed E-state index contributed by atoms with van der Waals surface area (Å²) in [7, 11) is 0. The number of aromatic hydroxyl groups is 1. The summed E-state index contributed by atoms with van der Waals surface area (Å²) in [4.78, 5) is 0. The van der Waals surface area contributed by atoms with Gasteiger partial charge in [0.05, 0.1) is 5.56 Å². The first-order valence-corrected chi connectivity index (χ1v) is 6.83. The van der Waals surface area contributed by atoms with Crippen LogP contribution in [0.25, 0.3) is 21.9 Å². The van der Waals surface area contributed by atoms with Crippen LogP contribution < -0.4 is 0 Å². The predicted molar refractivity (Wildman–Crippen MR) is 80.3 cm³/mol. The molecule has 0 aliphatic heterocycles. The Kier molecular flexibility index (Phi) is 2.11. The maximum absolute atomic E-state index is 10.4. The molecule has 4 rings (SSSR count). The van der Waals surface area contributed by atoms with Crippen LogP contribution in [0.15, 0.2) is 30.4 Å². The van der Waals surface area contributed by atoms with Crippen LogP contribution in [0.3, 0.4) is 0 Å². The molecule has 2 aromatic carbocycles. The number of allylic oxidation sites excluding steroid dienone is 4. The van der Waals surface area contributed by atoms with Gasteiger partial charge in [-0.2, -0.15) is 5.26 Å². The SMILES string of the molecule is Cc1c(C#N)c(O)c2cccc3c2c1C1=C3CCC=C1. The number of phenols is 1. The molecule has 0 amide bonds. The minimum absolute atomic E-state index is 0.120. The molecule has 0 spiro atoms. The molecule has 2 heteroatoms. The molecule has 0 aromatic heterocycles. The van der Waals surface area contributed by atoms with E-state index in [2.05, 4.69) is 24.3 Å². The zero-order valence-electron chi connectivity index (χ0n) is 11.2. The lowest BCUT2D eigenvalue weighted by molar-refractivity contribution is 0.479. The highest BCUT2D eigenvalue weighted by atomic mass is 16.3. The Bertz CT molecular complexity index is 879. The van der Waals surface area contributed by atoms with Crippen molar-refractivity contribution in [3.63, 3.8) is 0 Å². The Hall–Kier alpha value is -2.53. The van der Waals surface area contributed by atoms with E-state index in [1.165, 1.54) is 16.7 Å². The second-order valence-electron chi connectivity index (χ2n) is 5.40. The van der Waals surface area contributed by atoms with Gasteiger partial charge >= 0.3 is 0 Å². The molecule has 1 N–H and O–H groups in total. The molecule has 0 radical (unpaired) electrons. The van der Waals surface area contributed by atoms with E-state index < -0.39 is 0 Å². The third-order valence-corrected chi connectivity index (χ3v) is 4.43. The van der Waals surface area contributed by atoms with Crippen molar-refractivity contribution in [1.29, 1.82) is 5.26 Å². The van der Waals surface area contributed by atoms with Gasteiger partial charge in [0.15, 0.2) is 0 Å². The smallest absolute Gasteiger partial charge is 0.141 e. The quantitative estimate of drug-likeness (QED) is 0.766. The first-order chi connectivity index (χ1) is 9.74. The van der Waals surface area contributed by atoms with Crippen LogP contribution in [0, 0.1) is 18.3 Å². The summed E-state index contributed by atoms with van der Waals surface area (Å²) in [6.45, 7) is 1.93. The fourth-order valence-electron chi connectivity index (χ4n) is 3.55. The normalized spacial score (nSPS) is 15.6. The number of nitriles is 1. The first-order valence-electron chi connectivity index (χ1n) is 6.83. The average Bonchev–Trinajstić information content (AvgIpc) is 2.81. The van der Waals surface area contributed by atoms with E-state index in [1.54, 1.807) is 0 Å². The Morgan fingerprint density at radius 1 is 1.30 bits per heavy atom. The van der Waals surface area contributed by atoms with Gasteiger partial charge < -0.3 is 5.11 Å².